The maximum atomic E-state index is 12.4. The van der Waals surface area contributed by atoms with Crippen molar-refractivity contribution in [3.63, 3.8) is 0 Å². The minimum absolute atomic E-state index is 0.0599. The van der Waals surface area contributed by atoms with Gasteiger partial charge in [0.15, 0.2) is 23.8 Å². The molecule has 2 aliphatic rings. The van der Waals surface area contributed by atoms with Gasteiger partial charge >= 0.3 is 0 Å². The van der Waals surface area contributed by atoms with Crippen LogP contribution >= 0.6 is 0 Å². The van der Waals surface area contributed by atoms with Crippen LogP contribution in [0.25, 0.3) is 0 Å². The van der Waals surface area contributed by atoms with Gasteiger partial charge in [0, 0.05) is 18.2 Å². The van der Waals surface area contributed by atoms with Crippen LogP contribution in [0.1, 0.15) is 17.0 Å². The van der Waals surface area contributed by atoms with Crippen LogP contribution in [0.5, 0.6) is 11.5 Å². The fourth-order valence-corrected chi connectivity index (χ4v) is 3.43. The molecule has 8 nitrogen and oxygen atoms in total. The van der Waals surface area contributed by atoms with Crippen molar-refractivity contribution in [2.45, 2.75) is 6.42 Å². The predicted octanol–water partition coefficient (Wildman–Crippen LogP) is 0.420. The van der Waals surface area contributed by atoms with E-state index in [-0.39, 0.29) is 11.8 Å². The van der Waals surface area contributed by atoms with E-state index in [4.69, 9.17) is 13.9 Å². The van der Waals surface area contributed by atoms with Gasteiger partial charge in [0.05, 0.1) is 45.7 Å². The second-order valence-electron chi connectivity index (χ2n) is 6.96. The van der Waals surface area contributed by atoms with Crippen molar-refractivity contribution in [1.82, 2.24) is 4.90 Å². The smallest absolute Gasteiger partial charge is 0.289 e. The second kappa shape index (κ2) is 8.35. The third-order valence-electron chi connectivity index (χ3n) is 4.93. The molecule has 3 heterocycles. The van der Waals surface area contributed by atoms with Gasteiger partial charge in [0.25, 0.3) is 11.8 Å². The molecule has 4 rings (SSSR count). The Morgan fingerprint density at radius 1 is 1.07 bits per heavy atom. The summed E-state index contributed by atoms with van der Waals surface area (Å²) in [5, 5.41) is 2.93. The number of carbonyl (C=O) groups is 2. The Kier molecular flexibility index (Phi) is 5.48. The van der Waals surface area contributed by atoms with Crippen LogP contribution in [0.15, 0.2) is 41.0 Å². The molecule has 2 aliphatic heterocycles. The molecule has 0 saturated carbocycles. The fourth-order valence-electron chi connectivity index (χ4n) is 3.43. The summed E-state index contributed by atoms with van der Waals surface area (Å²) in [5.41, 5.74) is 0.695. The number of furan rings is 1. The molecule has 1 saturated heterocycles. The molecule has 1 fully saturated rings. The van der Waals surface area contributed by atoms with Crippen LogP contribution in [-0.4, -0.2) is 62.7 Å². The number of benzene rings is 1. The Morgan fingerprint density at radius 3 is 2.61 bits per heavy atom. The number of hydrogen-bond donors (Lipinski definition) is 2. The summed E-state index contributed by atoms with van der Waals surface area (Å²) in [4.78, 5) is 27.6. The molecule has 0 bridgehead atoms. The van der Waals surface area contributed by atoms with Crippen molar-refractivity contribution in [3.05, 3.63) is 42.4 Å². The summed E-state index contributed by atoms with van der Waals surface area (Å²) in [6.07, 6.45) is 2.34. The van der Waals surface area contributed by atoms with Crippen molar-refractivity contribution < 1.29 is 28.4 Å². The number of anilines is 1. The van der Waals surface area contributed by atoms with Crippen molar-refractivity contribution >= 4 is 17.5 Å². The third kappa shape index (κ3) is 4.28. The van der Waals surface area contributed by atoms with Gasteiger partial charge in [0.1, 0.15) is 0 Å². The molecule has 28 heavy (non-hydrogen) atoms. The minimum atomic E-state index is -0.0966. The summed E-state index contributed by atoms with van der Waals surface area (Å²) in [7, 11) is 0. The average Bonchev–Trinajstić information content (AvgIpc) is 3.14. The quantitative estimate of drug-likeness (QED) is 0.796. The number of fused-ring (bicyclic) bond motifs is 1. The third-order valence-corrected chi connectivity index (χ3v) is 4.93. The van der Waals surface area contributed by atoms with Gasteiger partial charge in [-0.25, -0.2) is 0 Å². The summed E-state index contributed by atoms with van der Waals surface area (Å²) >= 11 is 0. The van der Waals surface area contributed by atoms with E-state index in [0.29, 0.717) is 55.8 Å². The van der Waals surface area contributed by atoms with E-state index in [9.17, 15) is 9.59 Å². The normalized spacial score (nSPS) is 17.1. The van der Waals surface area contributed by atoms with Gasteiger partial charge in [-0.3, -0.25) is 9.59 Å². The highest BCUT2D eigenvalue weighted by atomic mass is 16.5. The van der Waals surface area contributed by atoms with E-state index in [1.807, 2.05) is 12.1 Å². The van der Waals surface area contributed by atoms with Crippen LogP contribution in [0, 0.1) is 0 Å². The van der Waals surface area contributed by atoms with Gasteiger partial charge in [-0.1, -0.05) is 0 Å². The zero-order valence-electron chi connectivity index (χ0n) is 15.6. The van der Waals surface area contributed by atoms with Gasteiger partial charge < -0.3 is 29.0 Å². The molecule has 0 atom stereocenters. The van der Waals surface area contributed by atoms with Crippen LogP contribution in [0.3, 0.4) is 0 Å². The lowest BCUT2D eigenvalue weighted by molar-refractivity contribution is -0.895. The van der Waals surface area contributed by atoms with Gasteiger partial charge in [-0.15, -0.1) is 0 Å². The standard InChI is InChI=1S/C20H23N3O5/c24-19(21-15-4-5-16-18(13-15)28-12-2-11-26-16)14-22-6-8-23(9-7-22)20(25)17-3-1-10-27-17/h1,3-5,10,13H,2,6-9,11-12,14H2,(H,21,24)/p+1. The summed E-state index contributed by atoms with van der Waals surface area (Å²) in [5.74, 6) is 1.57. The first kappa shape index (κ1) is 18.4. The van der Waals surface area contributed by atoms with Crippen molar-refractivity contribution in [1.29, 1.82) is 0 Å². The van der Waals surface area contributed by atoms with Gasteiger partial charge in [-0.2, -0.15) is 0 Å². The largest absolute Gasteiger partial charge is 0.490 e. The van der Waals surface area contributed by atoms with E-state index in [1.165, 1.54) is 6.26 Å². The van der Waals surface area contributed by atoms with E-state index >= 15 is 0 Å². The number of rotatable bonds is 4. The van der Waals surface area contributed by atoms with Crippen LogP contribution in [-0.2, 0) is 4.79 Å². The molecular weight excluding hydrogens is 362 g/mol. The number of carbonyl (C=O) groups excluding carboxylic acids is 2. The van der Waals surface area contributed by atoms with E-state index in [0.717, 1.165) is 24.4 Å². The van der Waals surface area contributed by atoms with Gasteiger partial charge in [-0.05, 0) is 24.3 Å². The van der Waals surface area contributed by atoms with Crippen LogP contribution in [0.2, 0.25) is 0 Å². The highest BCUT2D eigenvalue weighted by Crippen LogP contribution is 2.32. The topological polar surface area (TPSA) is 85.5 Å². The molecule has 2 amide bonds. The molecule has 148 valence electrons. The molecule has 8 heteroatoms. The van der Waals surface area contributed by atoms with E-state index in [1.54, 1.807) is 23.1 Å². The number of hydrogen-bond acceptors (Lipinski definition) is 5. The SMILES string of the molecule is O=C(C[NH+]1CCN(C(=O)c2ccco2)CC1)Nc1ccc2c(c1)OCCCO2. The Morgan fingerprint density at radius 2 is 1.86 bits per heavy atom. The molecule has 2 aromatic rings. The number of quaternary nitrogens is 1. The lowest BCUT2D eigenvalue weighted by atomic mass is 10.2. The lowest BCUT2D eigenvalue weighted by Gasteiger charge is -2.31. The Bertz CT molecular complexity index is 828. The first-order valence-electron chi connectivity index (χ1n) is 9.55. The molecule has 0 aliphatic carbocycles. The Hall–Kier alpha value is -3.00. The predicted molar refractivity (Wildman–Crippen MR) is 101 cm³/mol. The first-order chi connectivity index (χ1) is 13.7. The molecule has 0 spiro atoms. The average molecular weight is 386 g/mol. The van der Waals surface area contributed by atoms with Crippen molar-refractivity contribution in [3.8, 4) is 11.5 Å². The summed E-state index contributed by atoms with van der Waals surface area (Å²) in [6, 6.07) is 8.82. The second-order valence-corrected chi connectivity index (χ2v) is 6.96. The molecule has 0 radical (unpaired) electrons. The van der Waals surface area contributed by atoms with Crippen LogP contribution < -0.4 is 19.7 Å². The molecular formula is C20H24N3O5+. The highest BCUT2D eigenvalue weighted by molar-refractivity contribution is 5.92. The van der Waals surface area contributed by atoms with Crippen molar-refractivity contribution in [2.75, 3.05) is 51.3 Å². The number of piperazine rings is 1. The Labute approximate surface area is 163 Å². The highest BCUT2D eigenvalue weighted by Gasteiger charge is 2.27. The maximum absolute atomic E-state index is 12.4. The van der Waals surface area contributed by atoms with Gasteiger partial charge in [0.2, 0.25) is 0 Å². The van der Waals surface area contributed by atoms with E-state index in [2.05, 4.69) is 5.32 Å². The molecule has 2 N–H and O–H groups in total. The number of ether oxygens (including phenoxy) is 2. The zero-order valence-corrected chi connectivity index (χ0v) is 15.6. The Balaban J connectivity index is 1.27. The molecule has 1 aromatic carbocycles. The zero-order chi connectivity index (χ0) is 19.3. The molecule has 1 aromatic heterocycles. The number of nitrogens with one attached hydrogen (secondary N) is 2. The summed E-state index contributed by atoms with van der Waals surface area (Å²) in [6.45, 7) is 4.25. The number of nitrogens with zero attached hydrogens (tertiary/aromatic N) is 1. The fraction of sp³-hybridized carbons (Fsp3) is 0.400. The van der Waals surface area contributed by atoms with Crippen molar-refractivity contribution in [2.24, 2.45) is 0 Å². The van der Waals surface area contributed by atoms with Crippen LogP contribution in [0.4, 0.5) is 5.69 Å². The number of amides is 2. The maximum Gasteiger partial charge on any atom is 0.289 e. The minimum Gasteiger partial charge on any atom is -0.490 e. The molecule has 0 unspecified atom stereocenters. The first-order valence-corrected chi connectivity index (χ1v) is 9.55. The van der Waals surface area contributed by atoms with E-state index < -0.39 is 0 Å². The monoisotopic (exact) mass is 386 g/mol. The summed E-state index contributed by atoms with van der Waals surface area (Å²) < 4.78 is 16.4. The lowest BCUT2D eigenvalue weighted by Crippen LogP contribution is -3.15.